The summed E-state index contributed by atoms with van der Waals surface area (Å²) in [4.78, 5) is 34.5. The van der Waals surface area contributed by atoms with Crippen molar-refractivity contribution in [3.8, 4) is 17.2 Å². The van der Waals surface area contributed by atoms with Gasteiger partial charge in [0.1, 0.15) is 0 Å². The number of aryl methyl sites for hydroxylation is 1. The number of hydrogen-bond donors (Lipinski definition) is 2. The zero-order valence-corrected chi connectivity index (χ0v) is 22.8. The van der Waals surface area contributed by atoms with Crippen LogP contribution in [0.3, 0.4) is 0 Å². The highest BCUT2D eigenvalue weighted by molar-refractivity contribution is 5.79. The molecule has 39 heavy (non-hydrogen) atoms. The Morgan fingerprint density at radius 3 is 2.72 bits per heavy atom. The molecule has 1 fully saturated rings. The lowest BCUT2D eigenvalue weighted by atomic mass is 9.83. The molecular weight excluding hydrogens is 502 g/mol. The Balaban J connectivity index is 1.63. The number of unbranched alkanes of at least 4 members (excludes halogenated alkanes) is 1. The molecule has 4 rings (SSSR count). The quantitative estimate of drug-likeness (QED) is 0.372. The largest absolute Gasteiger partial charge is 0.493 e. The molecule has 1 amide bonds. The molecule has 0 aliphatic carbocycles. The number of carboxylic acids is 1. The third-order valence-electron chi connectivity index (χ3n) is 7.62. The van der Waals surface area contributed by atoms with Crippen molar-refractivity contribution in [1.29, 1.82) is 0 Å². The third kappa shape index (κ3) is 6.80. The smallest absolute Gasteiger partial charge is 0.308 e. The van der Waals surface area contributed by atoms with Crippen LogP contribution in [0.25, 0.3) is 0 Å². The van der Waals surface area contributed by atoms with Gasteiger partial charge in [-0.15, -0.1) is 0 Å². The molecule has 212 valence electrons. The Labute approximate surface area is 229 Å². The van der Waals surface area contributed by atoms with Crippen LogP contribution >= 0.6 is 0 Å². The lowest BCUT2D eigenvalue weighted by Crippen LogP contribution is -2.45. The molecule has 2 aromatic rings. The van der Waals surface area contributed by atoms with Crippen LogP contribution < -0.4 is 14.2 Å². The van der Waals surface area contributed by atoms with Crippen molar-refractivity contribution in [3.05, 3.63) is 47.8 Å². The Hall–Kier alpha value is -3.37. The highest BCUT2D eigenvalue weighted by atomic mass is 16.7. The number of methoxy groups -OCH3 is 1. The average Bonchev–Trinajstić information content (AvgIpc) is 3.56. The molecule has 2 aliphatic heterocycles. The Morgan fingerprint density at radius 1 is 1.21 bits per heavy atom. The number of aromatic nitrogens is 1. The van der Waals surface area contributed by atoms with Gasteiger partial charge in [0, 0.05) is 50.1 Å². The maximum atomic E-state index is 13.5. The zero-order chi connectivity index (χ0) is 27.8. The molecule has 10 nitrogen and oxygen atoms in total. The molecule has 3 unspecified atom stereocenters. The van der Waals surface area contributed by atoms with E-state index in [-0.39, 0.29) is 37.8 Å². The number of hydrogen-bond acceptors (Lipinski definition) is 8. The van der Waals surface area contributed by atoms with Crippen LogP contribution in [0.5, 0.6) is 17.2 Å². The van der Waals surface area contributed by atoms with Gasteiger partial charge in [-0.25, -0.2) is 0 Å². The number of aliphatic carboxylic acids is 1. The Kier molecular flexibility index (Phi) is 10.00. The van der Waals surface area contributed by atoms with E-state index in [0.29, 0.717) is 56.1 Å². The molecule has 1 aromatic carbocycles. The molecule has 0 radical (unpaired) electrons. The normalized spacial score (nSPS) is 20.2. The summed E-state index contributed by atoms with van der Waals surface area (Å²) in [6, 6.07) is 8.99. The predicted molar refractivity (Wildman–Crippen MR) is 144 cm³/mol. The molecule has 1 aromatic heterocycles. The zero-order valence-electron chi connectivity index (χ0n) is 22.8. The summed E-state index contributed by atoms with van der Waals surface area (Å²) in [6.45, 7) is 3.78. The van der Waals surface area contributed by atoms with Crippen LogP contribution in [0.4, 0.5) is 0 Å². The van der Waals surface area contributed by atoms with E-state index in [0.717, 1.165) is 24.1 Å². The summed E-state index contributed by atoms with van der Waals surface area (Å²) in [5.41, 5.74) is 1.66. The molecule has 3 atom stereocenters. The van der Waals surface area contributed by atoms with E-state index in [1.54, 1.807) is 18.2 Å². The molecule has 1 saturated heterocycles. The second-order valence-electron chi connectivity index (χ2n) is 10.1. The van der Waals surface area contributed by atoms with E-state index in [4.69, 9.17) is 14.2 Å². The number of likely N-dealkylation sites (tertiary alicyclic amines) is 1. The second-order valence-corrected chi connectivity index (χ2v) is 10.1. The first kappa shape index (κ1) is 28.6. The van der Waals surface area contributed by atoms with Crippen molar-refractivity contribution in [2.45, 2.75) is 51.0 Å². The number of rotatable bonds is 14. The number of nitrogens with zero attached hydrogens (tertiary/aromatic N) is 3. The van der Waals surface area contributed by atoms with Crippen LogP contribution in [0.1, 0.15) is 49.8 Å². The number of ether oxygens (including phenoxy) is 3. The average molecular weight is 542 g/mol. The summed E-state index contributed by atoms with van der Waals surface area (Å²) >= 11 is 0. The molecule has 2 N–H and O–H groups in total. The minimum absolute atomic E-state index is 0.0153. The molecule has 0 bridgehead atoms. The lowest BCUT2D eigenvalue weighted by molar-refractivity contribution is -0.143. The lowest BCUT2D eigenvalue weighted by Gasteiger charge is -2.29. The SMILES string of the molecule is CCCCN(CCCO)C(=O)CN1CC(c2cc(OC)c3c(c2)OCO3)C(C(=O)O)C1CCc1ccccn1. The van der Waals surface area contributed by atoms with Gasteiger partial charge >= 0.3 is 5.97 Å². The van der Waals surface area contributed by atoms with Crippen molar-refractivity contribution in [3.63, 3.8) is 0 Å². The maximum absolute atomic E-state index is 13.5. The Bertz CT molecular complexity index is 1110. The van der Waals surface area contributed by atoms with Gasteiger partial charge in [0.15, 0.2) is 11.5 Å². The number of fused-ring (bicyclic) bond motifs is 1. The fourth-order valence-corrected chi connectivity index (χ4v) is 5.64. The molecule has 2 aliphatic rings. The van der Waals surface area contributed by atoms with Crippen molar-refractivity contribution in [2.24, 2.45) is 5.92 Å². The third-order valence-corrected chi connectivity index (χ3v) is 7.62. The number of carbonyl (C=O) groups excluding carboxylic acids is 1. The fraction of sp³-hybridized carbons (Fsp3) is 0.552. The van der Waals surface area contributed by atoms with Crippen LogP contribution in [-0.2, 0) is 16.0 Å². The second kappa shape index (κ2) is 13.6. The van der Waals surface area contributed by atoms with Crippen LogP contribution in [0.2, 0.25) is 0 Å². The van der Waals surface area contributed by atoms with E-state index < -0.39 is 11.9 Å². The first-order valence-corrected chi connectivity index (χ1v) is 13.7. The van der Waals surface area contributed by atoms with E-state index in [1.807, 2.05) is 35.2 Å². The van der Waals surface area contributed by atoms with Gasteiger partial charge in [0.25, 0.3) is 0 Å². The van der Waals surface area contributed by atoms with Gasteiger partial charge in [-0.1, -0.05) is 19.4 Å². The number of amides is 1. The van der Waals surface area contributed by atoms with Crippen LogP contribution in [0, 0.1) is 5.92 Å². The monoisotopic (exact) mass is 541 g/mol. The fourth-order valence-electron chi connectivity index (χ4n) is 5.64. The van der Waals surface area contributed by atoms with Gasteiger partial charge in [-0.05, 0) is 55.5 Å². The first-order chi connectivity index (χ1) is 19.0. The Morgan fingerprint density at radius 2 is 2.03 bits per heavy atom. The molecule has 0 spiro atoms. The number of carbonyl (C=O) groups is 2. The van der Waals surface area contributed by atoms with Crippen molar-refractivity contribution in [2.75, 3.05) is 46.7 Å². The van der Waals surface area contributed by atoms with Crippen molar-refractivity contribution >= 4 is 11.9 Å². The van der Waals surface area contributed by atoms with Gasteiger partial charge in [-0.2, -0.15) is 0 Å². The van der Waals surface area contributed by atoms with E-state index >= 15 is 0 Å². The topological polar surface area (TPSA) is 122 Å². The van der Waals surface area contributed by atoms with Gasteiger partial charge < -0.3 is 29.3 Å². The summed E-state index contributed by atoms with van der Waals surface area (Å²) in [6.07, 6.45) is 5.21. The first-order valence-electron chi connectivity index (χ1n) is 13.7. The summed E-state index contributed by atoms with van der Waals surface area (Å²) < 4.78 is 16.7. The minimum atomic E-state index is -0.902. The van der Waals surface area contributed by atoms with E-state index in [2.05, 4.69) is 11.9 Å². The van der Waals surface area contributed by atoms with Crippen LogP contribution in [-0.4, -0.2) is 89.6 Å². The standard InChI is InChI=1S/C29H39N3O7/c1-3-4-12-31(13-7-14-33)26(34)18-32-17-22(20-15-24(37-2)28-25(16-20)38-19-39-28)27(29(35)36)23(32)10-9-21-8-5-6-11-30-21/h5-6,8,11,15-16,22-23,27,33H,3-4,7,9-10,12-14,17-19H2,1-2H3,(H,35,36). The maximum Gasteiger partial charge on any atom is 0.308 e. The molecule has 0 saturated carbocycles. The minimum Gasteiger partial charge on any atom is -0.493 e. The van der Waals surface area contributed by atoms with Gasteiger partial charge in [0.05, 0.1) is 19.6 Å². The van der Waals surface area contributed by atoms with Gasteiger partial charge in [-0.3, -0.25) is 19.5 Å². The molecular formula is C29H39N3O7. The molecule has 10 heteroatoms. The summed E-state index contributed by atoms with van der Waals surface area (Å²) in [5, 5.41) is 19.8. The highest BCUT2D eigenvalue weighted by Gasteiger charge is 2.47. The summed E-state index contributed by atoms with van der Waals surface area (Å²) in [7, 11) is 1.54. The number of benzene rings is 1. The number of carboxylic acid groups (broad SMARTS) is 1. The van der Waals surface area contributed by atoms with E-state index in [1.165, 1.54) is 0 Å². The summed E-state index contributed by atoms with van der Waals surface area (Å²) in [5.74, 6) is -0.530. The van der Waals surface area contributed by atoms with Gasteiger partial charge in [0.2, 0.25) is 18.4 Å². The van der Waals surface area contributed by atoms with Crippen molar-refractivity contribution in [1.82, 2.24) is 14.8 Å². The number of pyridine rings is 1. The van der Waals surface area contributed by atoms with Crippen LogP contribution in [0.15, 0.2) is 36.5 Å². The highest BCUT2D eigenvalue weighted by Crippen LogP contribution is 2.47. The van der Waals surface area contributed by atoms with Crippen molar-refractivity contribution < 1.29 is 34.0 Å². The predicted octanol–water partition coefficient (Wildman–Crippen LogP) is 2.93. The number of aliphatic hydroxyl groups is 1. The van der Waals surface area contributed by atoms with E-state index in [9.17, 15) is 19.8 Å². The number of aliphatic hydroxyl groups excluding tert-OH is 1. The molecule has 3 heterocycles.